The molecule has 2 aromatic rings. The van der Waals surface area contributed by atoms with E-state index < -0.39 is 17.7 Å². The molecular formula is C20H17BrClNO4. The molecule has 1 atom stereocenters. The summed E-state index contributed by atoms with van der Waals surface area (Å²) in [5.74, 6) is -1.60. The van der Waals surface area contributed by atoms with Gasteiger partial charge in [-0.15, -0.1) is 0 Å². The molecule has 1 heterocycles. The Morgan fingerprint density at radius 1 is 1.15 bits per heavy atom. The van der Waals surface area contributed by atoms with E-state index in [2.05, 4.69) is 15.9 Å². The van der Waals surface area contributed by atoms with E-state index in [-0.39, 0.29) is 24.5 Å². The number of carbonyl (C=O) groups is 2. The molecule has 0 aliphatic carbocycles. The van der Waals surface area contributed by atoms with Gasteiger partial charge in [0.1, 0.15) is 5.76 Å². The Kier molecular flexibility index (Phi) is 5.99. The van der Waals surface area contributed by atoms with Crippen LogP contribution in [0.2, 0.25) is 5.02 Å². The van der Waals surface area contributed by atoms with Gasteiger partial charge in [-0.3, -0.25) is 9.59 Å². The average Bonchev–Trinajstić information content (AvgIpc) is 2.91. The fourth-order valence-corrected chi connectivity index (χ4v) is 3.45. The Bertz CT molecular complexity index is 893. The highest BCUT2D eigenvalue weighted by atomic mass is 79.9. The van der Waals surface area contributed by atoms with Crippen molar-refractivity contribution in [2.45, 2.75) is 6.04 Å². The summed E-state index contributed by atoms with van der Waals surface area (Å²) in [4.78, 5) is 26.8. The molecule has 0 aromatic heterocycles. The number of hydrogen-bond acceptors (Lipinski definition) is 4. The van der Waals surface area contributed by atoms with Crippen molar-refractivity contribution < 1.29 is 19.4 Å². The topological polar surface area (TPSA) is 66.8 Å². The monoisotopic (exact) mass is 449 g/mol. The number of aliphatic hydroxyl groups is 1. The lowest BCUT2D eigenvalue weighted by molar-refractivity contribution is -0.140. The summed E-state index contributed by atoms with van der Waals surface area (Å²) in [6.45, 7) is 0.514. The van der Waals surface area contributed by atoms with Crippen LogP contribution < -0.4 is 0 Å². The van der Waals surface area contributed by atoms with Gasteiger partial charge in [0.2, 0.25) is 0 Å². The highest BCUT2D eigenvalue weighted by molar-refractivity contribution is 9.10. The number of nitrogens with zero attached hydrogens (tertiary/aromatic N) is 1. The van der Waals surface area contributed by atoms with Crippen LogP contribution >= 0.6 is 27.5 Å². The summed E-state index contributed by atoms with van der Waals surface area (Å²) in [7, 11) is 1.53. The number of amides is 1. The first-order valence-electron chi connectivity index (χ1n) is 8.22. The predicted molar refractivity (Wildman–Crippen MR) is 106 cm³/mol. The normalized spacial score (nSPS) is 18.9. The number of rotatable bonds is 5. The second-order valence-electron chi connectivity index (χ2n) is 6.04. The van der Waals surface area contributed by atoms with Gasteiger partial charge < -0.3 is 14.7 Å². The lowest BCUT2D eigenvalue weighted by Crippen LogP contribution is -2.32. The Morgan fingerprint density at radius 2 is 1.78 bits per heavy atom. The number of Topliss-reactive ketones (excluding diaryl/α,β-unsaturated/α-hetero) is 1. The highest BCUT2D eigenvalue weighted by Crippen LogP contribution is 2.39. The lowest BCUT2D eigenvalue weighted by Gasteiger charge is -2.25. The zero-order valence-electron chi connectivity index (χ0n) is 14.5. The van der Waals surface area contributed by atoms with Crippen LogP contribution in [-0.4, -0.2) is 42.0 Å². The first-order chi connectivity index (χ1) is 12.9. The van der Waals surface area contributed by atoms with Gasteiger partial charge in [-0.05, 0) is 42.0 Å². The molecule has 0 bridgehead atoms. The van der Waals surface area contributed by atoms with Crippen LogP contribution in [0, 0.1) is 0 Å². The number of benzene rings is 2. The zero-order valence-corrected chi connectivity index (χ0v) is 16.8. The molecule has 1 aliphatic rings. The van der Waals surface area contributed by atoms with Gasteiger partial charge >= 0.3 is 0 Å². The number of carbonyl (C=O) groups excluding carboxylic acids is 2. The number of ketones is 1. The maximum atomic E-state index is 12.7. The summed E-state index contributed by atoms with van der Waals surface area (Å²) in [6, 6.07) is 13.0. The Morgan fingerprint density at radius 3 is 2.37 bits per heavy atom. The Hall–Kier alpha value is -2.15. The van der Waals surface area contributed by atoms with Crippen molar-refractivity contribution in [2.24, 2.45) is 0 Å². The van der Waals surface area contributed by atoms with Crippen molar-refractivity contribution in [3.8, 4) is 0 Å². The molecule has 1 aliphatic heterocycles. The van der Waals surface area contributed by atoms with Gasteiger partial charge in [0.15, 0.2) is 0 Å². The zero-order chi connectivity index (χ0) is 19.6. The molecule has 0 saturated carbocycles. The van der Waals surface area contributed by atoms with Gasteiger partial charge in [-0.1, -0.05) is 39.7 Å². The molecule has 5 nitrogen and oxygen atoms in total. The minimum absolute atomic E-state index is 0.0562. The van der Waals surface area contributed by atoms with Crippen molar-refractivity contribution in [3.63, 3.8) is 0 Å². The maximum Gasteiger partial charge on any atom is 0.295 e. The molecule has 0 spiro atoms. The molecule has 7 heteroatoms. The minimum atomic E-state index is -0.716. The maximum absolute atomic E-state index is 12.7. The largest absolute Gasteiger partial charge is 0.507 e. The quantitative estimate of drug-likeness (QED) is 0.422. The molecular weight excluding hydrogens is 434 g/mol. The fourth-order valence-electron chi connectivity index (χ4n) is 3.06. The number of hydrogen-bond donors (Lipinski definition) is 1. The van der Waals surface area contributed by atoms with Crippen molar-refractivity contribution in [3.05, 3.63) is 74.7 Å². The molecule has 1 amide bonds. The van der Waals surface area contributed by atoms with Crippen molar-refractivity contribution in [1.82, 2.24) is 4.90 Å². The van der Waals surface area contributed by atoms with Crippen LogP contribution in [0.25, 0.3) is 5.76 Å². The van der Waals surface area contributed by atoms with E-state index >= 15 is 0 Å². The SMILES string of the molecule is COCCN1C(=O)C(=O)C(=C(O)c2ccc(Cl)cc2)C1c1ccc(Br)cc1. The first kappa shape index (κ1) is 19.6. The summed E-state index contributed by atoms with van der Waals surface area (Å²) in [6.07, 6.45) is 0. The minimum Gasteiger partial charge on any atom is -0.507 e. The van der Waals surface area contributed by atoms with Gasteiger partial charge in [-0.2, -0.15) is 0 Å². The third-order valence-corrected chi connectivity index (χ3v) is 5.16. The summed E-state index contributed by atoms with van der Waals surface area (Å²) >= 11 is 9.28. The standard InChI is InChI=1S/C20H17BrClNO4/c1-27-11-10-23-17(12-2-6-14(21)7-3-12)16(19(25)20(23)26)18(24)13-4-8-15(22)9-5-13/h2-9,17,24H,10-11H2,1H3. The van der Waals surface area contributed by atoms with E-state index in [9.17, 15) is 14.7 Å². The van der Waals surface area contributed by atoms with Crippen LogP contribution in [0.1, 0.15) is 17.2 Å². The third-order valence-electron chi connectivity index (χ3n) is 4.38. The smallest absolute Gasteiger partial charge is 0.295 e. The first-order valence-corrected chi connectivity index (χ1v) is 9.40. The van der Waals surface area contributed by atoms with Crippen LogP contribution in [0.3, 0.4) is 0 Å². The third kappa shape index (κ3) is 3.93. The van der Waals surface area contributed by atoms with Crippen LogP contribution in [0.5, 0.6) is 0 Å². The van der Waals surface area contributed by atoms with E-state index in [1.54, 1.807) is 24.3 Å². The van der Waals surface area contributed by atoms with E-state index in [1.807, 2.05) is 24.3 Å². The number of ether oxygens (including phenoxy) is 1. The van der Waals surface area contributed by atoms with Crippen molar-refractivity contribution in [2.75, 3.05) is 20.3 Å². The van der Waals surface area contributed by atoms with E-state index in [0.717, 1.165) is 10.0 Å². The van der Waals surface area contributed by atoms with Crippen LogP contribution in [-0.2, 0) is 14.3 Å². The van der Waals surface area contributed by atoms with Gasteiger partial charge in [0.05, 0.1) is 18.2 Å². The highest BCUT2D eigenvalue weighted by Gasteiger charge is 2.45. The molecule has 1 saturated heterocycles. The molecule has 1 N–H and O–H groups in total. The summed E-state index contributed by atoms with van der Waals surface area (Å²) < 4.78 is 5.95. The average molecular weight is 451 g/mol. The van der Waals surface area contributed by atoms with E-state index in [0.29, 0.717) is 10.6 Å². The Balaban J connectivity index is 2.14. The molecule has 3 rings (SSSR count). The van der Waals surface area contributed by atoms with Crippen molar-refractivity contribution in [1.29, 1.82) is 0 Å². The molecule has 0 radical (unpaired) electrons. The number of methoxy groups -OCH3 is 1. The van der Waals surface area contributed by atoms with Crippen molar-refractivity contribution >= 4 is 45.0 Å². The van der Waals surface area contributed by atoms with Gasteiger partial charge in [0.25, 0.3) is 11.7 Å². The van der Waals surface area contributed by atoms with Crippen LogP contribution in [0.15, 0.2) is 58.6 Å². The fraction of sp³-hybridized carbons (Fsp3) is 0.200. The molecule has 1 fully saturated rings. The van der Waals surface area contributed by atoms with E-state index in [1.165, 1.54) is 12.0 Å². The molecule has 1 unspecified atom stereocenters. The number of likely N-dealkylation sites (tertiary alicyclic amines) is 1. The number of aliphatic hydroxyl groups excluding tert-OH is 1. The summed E-state index contributed by atoms with van der Waals surface area (Å²) in [5.41, 5.74) is 1.20. The van der Waals surface area contributed by atoms with Crippen LogP contribution in [0.4, 0.5) is 0 Å². The molecule has 140 valence electrons. The Labute approximate surface area is 170 Å². The second-order valence-corrected chi connectivity index (χ2v) is 7.40. The lowest BCUT2D eigenvalue weighted by atomic mass is 9.95. The summed E-state index contributed by atoms with van der Waals surface area (Å²) in [5, 5.41) is 11.3. The number of halogens is 2. The van der Waals surface area contributed by atoms with Gasteiger partial charge in [-0.25, -0.2) is 0 Å². The predicted octanol–water partition coefficient (Wildman–Crippen LogP) is 4.17. The molecule has 2 aromatic carbocycles. The second kappa shape index (κ2) is 8.25. The molecule has 27 heavy (non-hydrogen) atoms. The van der Waals surface area contributed by atoms with Gasteiger partial charge in [0, 0.05) is 28.7 Å². The van der Waals surface area contributed by atoms with E-state index in [4.69, 9.17) is 16.3 Å².